The maximum Gasteiger partial charge on any atom is 0.358 e. The fourth-order valence-electron chi connectivity index (χ4n) is 2.02. The molecule has 1 aromatic carbocycles. The van der Waals surface area contributed by atoms with E-state index in [9.17, 15) is 9.18 Å². The van der Waals surface area contributed by atoms with E-state index in [1.807, 2.05) is 0 Å². The minimum absolute atomic E-state index is 0.0902. The summed E-state index contributed by atoms with van der Waals surface area (Å²) in [4.78, 5) is 10.9. The molecule has 21 heavy (non-hydrogen) atoms. The van der Waals surface area contributed by atoms with Crippen molar-refractivity contribution < 1.29 is 23.6 Å². The van der Waals surface area contributed by atoms with E-state index >= 15 is 0 Å². The van der Waals surface area contributed by atoms with E-state index < -0.39 is 11.8 Å². The van der Waals surface area contributed by atoms with Gasteiger partial charge in [-0.3, -0.25) is 0 Å². The maximum atomic E-state index is 13.6. The molecule has 0 spiro atoms. The predicted octanol–water partition coefficient (Wildman–Crippen LogP) is 3.87. The third kappa shape index (κ3) is 2.78. The van der Waals surface area contributed by atoms with E-state index in [0.717, 1.165) is 19.3 Å². The molecule has 2 aromatic rings. The van der Waals surface area contributed by atoms with Gasteiger partial charge in [-0.2, -0.15) is 0 Å². The number of halogens is 2. The molecule has 1 fully saturated rings. The highest BCUT2D eigenvalue weighted by Crippen LogP contribution is 2.40. The number of hydrogen-bond donors (Lipinski definition) is 1. The highest BCUT2D eigenvalue weighted by molar-refractivity contribution is 9.10. The molecule has 0 saturated heterocycles. The Morgan fingerprint density at radius 1 is 1.43 bits per heavy atom. The maximum absolute atomic E-state index is 13.6. The predicted molar refractivity (Wildman–Crippen MR) is 74.8 cm³/mol. The number of carbonyl (C=O) groups is 1. The molecule has 0 radical (unpaired) electrons. The molecule has 1 saturated carbocycles. The smallest absolute Gasteiger partial charge is 0.358 e. The highest BCUT2D eigenvalue weighted by atomic mass is 79.9. The van der Waals surface area contributed by atoms with Crippen LogP contribution < -0.4 is 4.74 Å². The van der Waals surface area contributed by atoms with E-state index in [-0.39, 0.29) is 17.6 Å². The number of aromatic nitrogens is 1. The fraction of sp³-hybridized carbons (Fsp3) is 0.286. The number of nitrogens with zero attached hydrogens (tertiary/aromatic N) is 1. The molecule has 1 aliphatic carbocycles. The second-order valence-corrected chi connectivity index (χ2v) is 5.67. The van der Waals surface area contributed by atoms with E-state index in [0.29, 0.717) is 15.8 Å². The van der Waals surface area contributed by atoms with Gasteiger partial charge in [-0.25, -0.2) is 9.18 Å². The van der Waals surface area contributed by atoms with E-state index in [1.165, 1.54) is 18.2 Å². The molecule has 3 rings (SSSR count). The number of hydrogen-bond acceptors (Lipinski definition) is 4. The number of carboxylic acids is 1. The molecule has 0 amide bonds. The minimum Gasteiger partial charge on any atom is -0.488 e. The van der Waals surface area contributed by atoms with Crippen LogP contribution >= 0.6 is 15.9 Å². The molecule has 1 aliphatic rings. The lowest BCUT2D eigenvalue weighted by atomic mass is 9.96. The van der Waals surface area contributed by atoms with Gasteiger partial charge in [0.05, 0.1) is 16.1 Å². The molecule has 110 valence electrons. The summed E-state index contributed by atoms with van der Waals surface area (Å²) in [6.45, 7) is 0. The summed E-state index contributed by atoms with van der Waals surface area (Å²) in [6, 6.07) is 3.79. The van der Waals surface area contributed by atoms with Gasteiger partial charge >= 0.3 is 5.97 Å². The highest BCUT2D eigenvalue weighted by Gasteiger charge is 2.24. The van der Waals surface area contributed by atoms with Crippen LogP contribution in [-0.4, -0.2) is 22.3 Å². The van der Waals surface area contributed by atoms with Crippen LogP contribution in [0.1, 0.15) is 29.8 Å². The summed E-state index contributed by atoms with van der Waals surface area (Å²) in [5, 5.41) is 12.3. The topological polar surface area (TPSA) is 72.6 Å². The van der Waals surface area contributed by atoms with E-state index in [2.05, 4.69) is 21.1 Å². The van der Waals surface area contributed by atoms with Gasteiger partial charge in [0, 0.05) is 6.07 Å². The van der Waals surface area contributed by atoms with Crippen LogP contribution in [-0.2, 0) is 0 Å². The summed E-state index contributed by atoms with van der Waals surface area (Å²) < 4.78 is 24.9. The van der Waals surface area contributed by atoms with Crippen LogP contribution in [0, 0.1) is 5.82 Å². The summed E-state index contributed by atoms with van der Waals surface area (Å²) in [5.74, 6) is -1.09. The van der Waals surface area contributed by atoms with Gasteiger partial charge in [-0.15, -0.1) is 0 Å². The van der Waals surface area contributed by atoms with Gasteiger partial charge in [0.15, 0.2) is 11.5 Å². The standard InChI is InChI=1S/C14H11BrFNO4/c15-10-5-7(16)4-9(13(10)20-8-2-1-3-8)12-6-11(14(18)19)17-21-12/h4-6,8H,1-3H2,(H,18,19). The molecule has 0 bridgehead atoms. The Morgan fingerprint density at radius 2 is 2.19 bits per heavy atom. The summed E-state index contributed by atoms with van der Waals surface area (Å²) >= 11 is 3.27. The Bertz CT molecular complexity index is 696. The van der Waals surface area contributed by atoms with Gasteiger partial charge in [-0.1, -0.05) is 5.16 Å². The number of rotatable bonds is 4. The SMILES string of the molecule is O=C(O)c1cc(-c2cc(F)cc(Br)c2OC2CCC2)on1. The number of aromatic carboxylic acids is 1. The normalized spacial score (nSPS) is 14.8. The van der Waals surface area contributed by atoms with Crippen molar-refractivity contribution in [3.63, 3.8) is 0 Å². The molecule has 0 atom stereocenters. The van der Waals surface area contributed by atoms with Crippen molar-refractivity contribution in [3.05, 3.63) is 34.2 Å². The first kappa shape index (κ1) is 14.1. The summed E-state index contributed by atoms with van der Waals surface area (Å²) in [6.07, 6.45) is 3.08. The Hall–Kier alpha value is -1.89. The Balaban J connectivity index is 2.03. The first-order valence-electron chi connectivity index (χ1n) is 6.40. The van der Waals surface area contributed by atoms with E-state index in [4.69, 9.17) is 14.4 Å². The molecule has 5 nitrogen and oxygen atoms in total. The zero-order valence-corrected chi connectivity index (χ0v) is 12.4. The molecule has 0 unspecified atom stereocenters. The van der Waals surface area contributed by atoms with Crippen molar-refractivity contribution in [3.8, 4) is 17.1 Å². The average molecular weight is 356 g/mol. The monoisotopic (exact) mass is 355 g/mol. The molecule has 7 heteroatoms. The van der Waals surface area contributed by atoms with Crippen LogP contribution in [0.15, 0.2) is 27.2 Å². The van der Waals surface area contributed by atoms with Crippen LogP contribution in [0.5, 0.6) is 5.75 Å². The third-order valence-electron chi connectivity index (χ3n) is 3.34. The van der Waals surface area contributed by atoms with Crippen molar-refractivity contribution in [2.24, 2.45) is 0 Å². The van der Waals surface area contributed by atoms with Gasteiger partial charge in [0.25, 0.3) is 0 Å². The third-order valence-corrected chi connectivity index (χ3v) is 3.93. The Morgan fingerprint density at radius 3 is 2.76 bits per heavy atom. The first-order valence-corrected chi connectivity index (χ1v) is 7.20. The molecule has 1 N–H and O–H groups in total. The molecule has 1 heterocycles. The van der Waals surface area contributed by atoms with Crippen molar-refractivity contribution >= 4 is 21.9 Å². The van der Waals surface area contributed by atoms with Crippen LogP contribution in [0.25, 0.3) is 11.3 Å². The Kier molecular flexibility index (Phi) is 3.67. The Labute approximate surface area is 127 Å². The van der Waals surface area contributed by atoms with Gasteiger partial charge in [0.1, 0.15) is 11.6 Å². The summed E-state index contributed by atoms with van der Waals surface area (Å²) in [7, 11) is 0. The zero-order chi connectivity index (χ0) is 15.0. The van der Waals surface area contributed by atoms with Crippen LogP contribution in [0.2, 0.25) is 0 Å². The van der Waals surface area contributed by atoms with Crippen LogP contribution in [0.4, 0.5) is 4.39 Å². The minimum atomic E-state index is -1.21. The second-order valence-electron chi connectivity index (χ2n) is 4.82. The quantitative estimate of drug-likeness (QED) is 0.900. The van der Waals surface area contributed by atoms with Crippen molar-refractivity contribution in [2.45, 2.75) is 25.4 Å². The van der Waals surface area contributed by atoms with Gasteiger partial charge in [0.2, 0.25) is 0 Å². The fourth-order valence-corrected chi connectivity index (χ4v) is 2.55. The number of ether oxygens (including phenoxy) is 1. The van der Waals surface area contributed by atoms with Gasteiger partial charge < -0.3 is 14.4 Å². The first-order chi connectivity index (χ1) is 10.0. The average Bonchev–Trinajstić information content (AvgIpc) is 2.84. The second kappa shape index (κ2) is 5.48. The summed E-state index contributed by atoms with van der Waals surface area (Å²) in [5.41, 5.74) is 0.105. The largest absolute Gasteiger partial charge is 0.488 e. The van der Waals surface area contributed by atoms with Crippen molar-refractivity contribution in [1.29, 1.82) is 0 Å². The lowest BCUT2D eigenvalue weighted by molar-refractivity contribution is 0.0686. The van der Waals surface area contributed by atoms with Crippen LogP contribution in [0.3, 0.4) is 0 Å². The molecular formula is C14H11BrFNO4. The lowest BCUT2D eigenvalue weighted by Gasteiger charge is -2.27. The number of benzene rings is 1. The van der Waals surface area contributed by atoms with E-state index in [1.54, 1.807) is 0 Å². The molecule has 0 aliphatic heterocycles. The van der Waals surface area contributed by atoms with Gasteiger partial charge in [-0.05, 0) is 47.3 Å². The zero-order valence-electron chi connectivity index (χ0n) is 10.8. The lowest BCUT2D eigenvalue weighted by Crippen LogP contribution is -2.25. The van der Waals surface area contributed by atoms with Crippen molar-refractivity contribution in [1.82, 2.24) is 5.16 Å². The van der Waals surface area contributed by atoms with Crippen molar-refractivity contribution in [2.75, 3.05) is 0 Å². The number of carboxylic acid groups (broad SMARTS) is 1. The molecule has 1 aromatic heterocycles. The molecular weight excluding hydrogens is 345 g/mol.